The molecule has 0 unspecified atom stereocenters. The molecule has 2 heterocycles. The molecular formula is C16H14B3ClN6O4S. The van der Waals surface area contributed by atoms with E-state index in [0.29, 0.717) is 0 Å². The van der Waals surface area contributed by atoms with Crippen molar-refractivity contribution in [1.82, 2.24) is 20.5 Å². The number of nitrogens with one attached hydrogen (secondary N) is 3. The third-order valence-electron chi connectivity index (χ3n) is 4.01. The molecule has 10 nitrogen and oxygen atoms in total. The van der Waals surface area contributed by atoms with Crippen LogP contribution in [0.2, 0.25) is 5.02 Å². The summed E-state index contributed by atoms with van der Waals surface area (Å²) in [5.41, 5.74) is -0.367. The predicted molar refractivity (Wildman–Crippen MR) is 116 cm³/mol. The van der Waals surface area contributed by atoms with E-state index in [-0.39, 0.29) is 44.8 Å². The van der Waals surface area contributed by atoms with Crippen molar-refractivity contribution in [3.63, 3.8) is 0 Å². The molecular weight excluding hydrogens is 440 g/mol. The lowest BCUT2D eigenvalue weighted by molar-refractivity contribution is -0.117. The summed E-state index contributed by atoms with van der Waals surface area (Å²) in [5, 5.41) is 13.0. The van der Waals surface area contributed by atoms with Crippen LogP contribution in [0.4, 0.5) is 17.3 Å². The van der Waals surface area contributed by atoms with Crippen molar-refractivity contribution in [1.29, 1.82) is 0 Å². The quantitative estimate of drug-likeness (QED) is 0.491. The summed E-state index contributed by atoms with van der Waals surface area (Å²) >= 11 is 5.87. The van der Waals surface area contributed by atoms with Crippen LogP contribution in [0.5, 0.6) is 0 Å². The van der Waals surface area contributed by atoms with Gasteiger partial charge < -0.3 is 16.0 Å². The van der Waals surface area contributed by atoms with Gasteiger partial charge in [-0.3, -0.25) is 9.59 Å². The lowest BCUT2D eigenvalue weighted by Crippen LogP contribution is -2.50. The maximum atomic E-state index is 12.5. The van der Waals surface area contributed by atoms with Crippen molar-refractivity contribution in [3.8, 4) is 0 Å². The summed E-state index contributed by atoms with van der Waals surface area (Å²) in [4.78, 5) is 28.3. The number of rotatable bonds is 7. The lowest BCUT2D eigenvalue weighted by Gasteiger charge is -2.22. The second-order valence-corrected chi connectivity index (χ2v) is 9.46. The first-order valence-electron chi connectivity index (χ1n) is 8.84. The molecule has 2 aromatic heterocycles. The lowest BCUT2D eigenvalue weighted by atomic mass is 9.49. The summed E-state index contributed by atoms with van der Waals surface area (Å²) in [6.07, 6.45) is 3.72. The topological polar surface area (TPSA) is 143 Å². The monoisotopic (exact) mass is 454 g/mol. The smallest absolute Gasteiger partial charge is 0.272 e. The molecule has 0 aliphatic heterocycles. The minimum Gasteiger partial charge on any atom is -0.370 e. The molecule has 0 saturated heterocycles. The molecule has 1 aliphatic carbocycles. The summed E-state index contributed by atoms with van der Waals surface area (Å²) in [6.45, 7) is 0. The van der Waals surface area contributed by atoms with Gasteiger partial charge in [0.25, 0.3) is 5.91 Å². The van der Waals surface area contributed by atoms with E-state index in [1.807, 2.05) is 0 Å². The second kappa shape index (κ2) is 8.50. The second-order valence-electron chi connectivity index (χ2n) is 7.04. The Bertz CT molecular complexity index is 1150. The largest absolute Gasteiger partial charge is 0.370 e. The van der Waals surface area contributed by atoms with Crippen LogP contribution in [-0.2, 0) is 14.6 Å². The van der Waals surface area contributed by atoms with Gasteiger partial charge in [0.05, 0.1) is 34.2 Å². The molecule has 2 aromatic rings. The summed E-state index contributed by atoms with van der Waals surface area (Å²) < 4.78 is 24.3. The fourth-order valence-electron chi connectivity index (χ4n) is 2.47. The van der Waals surface area contributed by atoms with Gasteiger partial charge in [-0.15, -0.1) is 10.2 Å². The number of sulfone groups is 1. The van der Waals surface area contributed by atoms with E-state index in [1.54, 1.807) is 0 Å². The maximum Gasteiger partial charge on any atom is 0.272 e. The minimum absolute atomic E-state index is 0.0327. The Kier molecular flexibility index (Phi) is 6.33. The van der Waals surface area contributed by atoms with Crippen molar-refractivity contribution in [2.24, 2.45) is 5.92 Å². The molecule has 1 fully saturated rings. The summed E-state index contributed by atoms with van der Waals surface area (Å²) in [5.74, 6) is -1.36. The highest BCUT2D eigenvalue weighted by atomic mass is 35.5. The van der Waals surface area contributed by atoms with E-state index in [9.17, 15) is 18.0 Å². The van der Waals surface area contributed by atoms with Crippen LogP contribution in [0.1, 0.15) is 23.3 Å². The highest BCUT2D eigenvalue weighted by Gasteiger charge is 2.30. The Balaban J connectivity index is 2.03. The SMILES string of the molecule is [B]C([B])([B])NC(=O)c1nnc(NC(=O)C2CC2)cc1Nc1ncc(Cl)cc1S(C)(=O)=O. The van der Waals surface area contributed by atoms with Crippen LogP contribution >= 0.6 is 11.6 Å². The van der Waals surface area contributed by atoms with Gasteiger partial charge in [-0.1, -0.05) is 16.8 Å². The van der Waals surface area contributed by atoms with Crippen LogP contribution in [0.25, 0.3) is 0 Å². The Morgan fingerprint density at radius 3 is 2.45 bits per heavy atom. The van der Waals surface area contributed by atoms with Crippen molar-refractivity contribution < 1.29 is 18.0 Å². The first kappa shape index (κ1) is 23.1. The fourth-order valence-corrected chi connectivity index (χ4v) is 3.49. The average molecular weight is 454 g/mol. The Hall–Kier alpha value is -2.60. The van der Waals surface area contributed by atoms with Gasteiger partial charge in [0.2, 0.25) is 5.91 Å². The van der Waals surface area contributed by atoms with E-state index in [4.69, 9.17) is 35.1 Å². The maximum absolute atomic E-state index is 12.5. The number of hydrogen-bond acceptors (Lipinski definition) is 8. The Labute approximate surface area is 187 Å². The third-order valence-corrected chi connectivity index (χ3v) is 5.33. The van der Waals surface area contributed by atoms with Gasteiger partial charge in [-0.25, -0.2) is 13.4 Å². The average Bonchev–Trinajstić information content (AvgIpc) is 3.46. The highest BCUT2D eigenvalue weighted by molar-refractivity contribution is 7.90. The van der Waals surface area contributed by atoms with Crippen LogP contribution in [0.3, 0.4) is 0 Å². The first-order valence-corrected chi connectivity index (χ1v) is 11.1. The normalized spacial score (nSPS) is 14.0. The van der Waals surface area contributed by atoms with Crippen molar-refractivity contribution in [2.75, 3.05) is 16.9 Å². The number of carbonyl (C=O) groups is 2. The van der Waals surface area contributed by atoms with Gasteiger partial charge in [0.1, 0.15) is 10.7 Å². The Morgan fingerprint density at radius 1 is 1.19 bits per heavy atom. The molecule has 6 radical (unpaired) electrons. The molecule has 0 bridgehead atoms. The minimum atomic E-state index is -3.75. The predicted octanol–water partition coefficient (Wildman–Crippen LogP) is -0.133. The van der Waals surface area contributed by atoms with Crippen LogP contribution in [0, 0.1) is 5.92 Å². The van der Waals surface area contributed by atoms with Crippen LogP contribution in [0.15, 0.2) is 23.2 Å². The number of carbonyl (C=O) groups excluding carboxylic acids is 2. The number of anilines is 3. The first-order chi connectivity index (χ1) is 14.3. The number of nitrogens with zero attached hydrogens (tertiary/aromatic N) is 3. The van der Waals surface area contributed by atoms with E-state index in [2.05, 4.69) is 31.1 Å². The molecule has 154 valence electrons. The van der Waals surface area contributed by atoms with E-state index < -0.39 is 21.0 Å². The standard InChI is InChI=1S/C16H14B3ClN6O4S/c1-31(29,30)10-4-8(20)6-21-13(10)22-9-5-11(23-14(27)7-2-3-7)25-26-12(9)15(28)24-16(17,18)19/h4-7H,2-3H2,1H3,(H,24,28)(H2,21,22,23,25,27). The molecule has 0 atom stereocenters. The molecule has 3 rings (SSSR count). The third kappa shape index (κ3) is 6.20. The zero-order chi connectivity index (χ0) is 23.0. The number of aromatic nitrogens is 3. The fraction of sp³-hybridized carbons (Fsp3) is 0.312. The molecule has 1 aliphatic rings. The zero-order valence-corrected chi connectivity index (χ0v) is 17.8. The van der Waals surface area contributed by atoms with Crippen molar-refractivity contribution in [3.05, 3.63) is 29.0 Å². The number of hydrogen-bond donors (Lipinski definition) is 3. The molecule has 3 N–H and O–H groups in total. The van der Waals surface area contributed by atoms with E-state index in [1.165, 1.54) is 18.3 Å². The Morgan fingerprint density at radius 2 is 1.87 bits per heavy atom. The van der Waals surface area contributed by atoms with Crippen molar-refractivity contribution >= 4 is 74.1 Å². The molecule has 1 saturated carbocycles. The zero-order valence-electron chi connectivity index (χ0n) is 16.2. The van der Waals surface area contributed by atoms with Crippen molar-refractivity contribution in [2.45, 2.75) is 23.0 Å². The van der Waals surface area contributed by atoms with Gasteiger partial charge in [-0.2, -0.15) is 0 Å². The van der Waals surface area contributed by atoms with Crippen LogP contribution in [-0.4, -0.2) is 70.4 Å². The number of pyridine rings is 1. The summed E-state index contributed by atoms with van der Waals surface area (Å²) in [7, 11) is 12.5. The highest BCUT2D eigenvalue weighted by Crippen LogP contribution is 2.31. The molecule has 15 heteroatoms. The molecule has 0 spiro atoms. The van der Waals surface area contributed by atoms with E-state index >= 15 is 0 Å². The number of amides is 2. The molecule has 0 aromatic carbocycles. The van der Waals surface area contributed by atoms with Gasteiger partial charge in [0.15, 0.2) is 21.3 Å². The van der Waals surface area contributed by atoms with E-state index in [0.717, 1.165) is 19.1 Å². The van der Waals surface area contributed by atoms with Gasteiger partial charge in [0, 0.05) is 24.4 Å². The molecule has 2 amide bonds. The van der Waals surface area contributed by atoms with Crippen LogP contribution < -0.4 is 16.0 Å². The summed E-state index contributed by atoms with van der Waals surface area (Å²) in [6, 6.07) is 2.48. The molecule has 31 heavy (non-hydrogen) atoms. The number of halogens is 1. The van der Waals surface area contributed by atoms with Gasteiger partial charge >= 0.3 is 0 Å². The van der Waals surface area contributed by atoms with Gasteiger partial charge in [-0.05, 0) is 18.9 Å².